The molecule has 2 rings (SSSR count). The fraction of sp³-hybridized carbons (Fsp3) is 0. The first kappa shape index (κ1) is 17.1. The van der Waals surface area contributed by atoms with Gasteiger partial charge in [0.2, 0.25) is 0 Å². The van der Waals surface area contributed by atoms with Crippen molar-refractivity contribution in [3.05, 3.63) is 52.1 Å². The van der Waals surface area contributed by atoms with Crippen LogP contribution in [0.4, 0.5) is 5.82 Å². The number of amides is 1. The number of thiocarbonyl (C=S) groups is 1. The van der Waals surface area contributed by atoms with E-state index in [9.17, 15) is 9.90 Å². The number of phenolic OH excluding ortho intramolecular Hbond substituents is 1. The molecule has 0 atom stereocenters. The first-order valence-electron chi connectivity index (χ1n) is 6.21. The highest BCUT2D eigenvalue weighted by Crippen LogP contribution is 2.29. The highest BCUT2D eigenvalue weighted by Gasteiger charge is 2.09. The molecule has 0 saturated heterocycles. The standard InChI is InChI=1S/C14H10Cl2N4O2S/c15-9-5-8(12(21)10(16)6-9)7-18-20-14(23)13(22)19-11-3-1-2-4-17-11/h1-7,21H,(H,20,23)(H,17,19,22). The van der Waals surface area contributed by atoms with Crippen LogP contribution in [0.15, 0.2) is 41.6 Å². The Bertz CT molecular complexity index is 769. The number of anilines is 1. The van der Waals surface area contributed by atoms with Crippen molar-refractivity contribution in [1.29, 1.82) is 0 Å². The van der Waals surface area contributed by atoms with E-state index >= 15 is 0 Å². The zero-order chi connectivity index (χ0) is 16.8. The monoisotopic (exact) mass is 368 g/mol. The average molecular weight is 369 g/mol. The van der Waals surface area contributed by atoms with Gasteiger partial charge in [-0.2, -0.15) is 5.10 Å². The summed E-state index contributed by atoms with van der Waals surface area (Å²) in [6.45, 7) is 0. The van der Waals surface area contributed by atoms with Gasteiger partial charge in [-0.25, -0.2) is 4.98 Å². The van der Waals surface area contributed by atoms with Crippen LogP contribution in [0, 0.1) is 0 Å². The molecule has 118 valence electrons. The summed E-state index contributed by atoms with van der Waals surface area (Å²) < 4.78 is 0. The second-order valence-corrected chi connectivity index (χ2v) is 5.45. The van der Waals surface area contributed by atoms with Gasteiger partial charge in [-0.3, -0.25) is 10.2 Å². The maximum absolute atomic E-state index is 11.8. The van der Waals surface area contributed by atoms with Crippen LogP contribution in [0.1, 0.15) is 5.56 Å². The van der Waals surface area contributed by atoms with Crippen LogP contribution in [-0.2, 0) is 4.79 Å². The molecule has 0 saturated carbocycles. The van der Waals surface area contributed by atoms with Crippen LogP contribution in [0.3, 0.4) is 0 Å². The molecule has 1 heterocycles. The molecule has 0 radical (unpaired) electrons. The number of hydrazone groups is 1. The van der Waals surface area contributed by atoms with Crippen LogP contribution < -0.4 is 10.7 Å². The Labute approximate surface area is 147 Å². The molecule has 1 amide bonds. The smallest absolute Gasteiger partial charge is 0.285 e. The van der Waals surface area contributed by atoms with Crippen molar-refractivity contribution < 1.29 is 9.90 Å². The van der Waals surface area contributed by atoms with Crippen molar-refractivity contribution in [1.82, 2.24) is 10.4 Å². The molecule has 23 heavy (non-hydrogen) atoms. The van der Waals surface area contributed by atoms with Crippen LogP contribution in [0.25, 0.3) is 0 Å². The first-order chi connectivity index (χ1) is 11.0. The third kappa shape index (κ3) is 4.88. The molecule has 0 spiro atoms. The number of aromatic hydroxyl groups is 1. The maximum atomic E-state index is 11.8. The van der Waals surface area contributed by atoms with Crippen LogP contribution >= 0.6 is 35.4 Å². The second kappa shape index (κ2) is 7.87. The lowest BCUT2D eigenvalue weighted by molar-refractivity contribution is -0.110. The predicted octanol–water partition coefficient (Wildman–Crippen LogP) is 2.98. The summed E-state index contributed by atoms with van der Waals surface area (Å²) in [5.41, 5.74) is 2.66. The topological polar surface area (TPSA) is 86.6 Å². The third-order valence-electron chi connectivity index (χ3n) is 2.54. The molecule has 3 N–H and O–H groups in total. The minimum Gasteiger partial charge on any atom is -0.506 e. The van der Waals surface area contributed by atoms with E-state index in [4.69, 9.17) is 35.4 Å². The van der Waals surface area contributed by atoms with Crippen molar-refractivity contribution >= 4 is 58.3 Å². The molecule has 0 unspecified atom stereocenters. The predicted molar refractivity (Wildman–Crippen MR) is 94.3 cm³/mol. The number of hydrogen-bond acceptors (Lipinski definition) is 5. The van der Waals surface area contributed by atoms with Gasteiger partial charge in [0, 0.05) is 16.8 Å². The lowest BCUT2D eigenvalue weighted by atomic mass is 10.2. The van der Waals surface area contributed by atoms with Crippen molar-refractivity contribution in [2.45, 2.75) is 0 Å². The second-order valence-electron chi connectivity index (χ2n) is 4.19. The largest absolute Gasteiger partial charge is 0.506 e. The molecule has 9 heteroatoms. The number of nitrogens with one attached hydrogen (secondary N) is 2. The Morgan fingerprint density at radius 2 is 2.13 bits per heavy atom. The number of aromatic nitrogens is 1. The first-order valence-corrected chi connectivity index (χ1v) is 7.37. The summed E-state index contributed by atoms with van der Waals surface area (Å²) in [5.74, 6) is -0.375. The normalized spacial score (nSPS) is 10.5. The summed E-state index contributed by atoms with van der Waals surface area (Å²) in [4.78, 5) is 15.6. The quantitative estimate of drug-likeness (QED) is 0.440. The van der Waals surface area contributed by atoms with Gasteiger partial charge in [0.1, 0.15) is 11.6 Å². The lowest BCUT2D eigenvalue weighted by Crippen LogP contribution is -2.31. The Hall–Kier alpha value is -2.22. The van der Waals surface area contributed by atoms with Crippen molar-refractivity contribution in [3.8, 4) is 5.75 Å². The van der Waals surface area contributed by atoms with Crippen molar-refractivity contribution in [2.75, 3.05) is 5.32 Å². The number of benzene rings is 1. The van der Waals surface area contributed by atoms with E-state index in [1.54, 1.807) is 18.2 Å². The van der Waals surface area contributed by atoms with Gasteiger partial charge in [0.15, 0.2) is 4.99 Å². The molecule has 1 aromatic heterocycles. The van der Waals surface area contributed by atoms with Crippen LogP contribution in [0.2, 0.25) is 10.0 Å². The van der Waals surface area contributed by atoms with Gasteiger partial charge >= 0.3 is 0 Å². The van der Waals surface area contributed by atoms with E-state index in [-0.39, 0.29) is 21.3 Å². The van der Waals surface area contributed by atoms with E-state index in [1.807, 2.05) is 0 Å². The number of hydrogen-bond donors (Lipinski definition) is 3. The fourth-order valence-corrected chi connectivity index (χ4v) is 2.12. The zero-order valence-corrected chi connectivity index (χ0v) is 13.8. The van der Waals surface area contributed by atoms with Crippen molar-refractivity contribution in [2.24, 2.45) is 5.10 Å². The SMILES string of the molecule is O=C(Nc1ccccn1)C(=S)NN=Cc1cc(Cl)cc(Cl)c1O. The van der Waals surface area contributed by atoms with E-state index < -0.39 is 5.91 Å². The molecular weight excluding hydrogens is 359 g/mol. The Balaban J connectivity index is 1.97. The molecular formula is C14H10Cl2N4O2S. The Morgan fingerprint density at radius 1 is 1.35 bits per heavy atom. The molecule has 0 aliphatic carbocycles. The molecule has 0 bridgehead atoms. The number of rotatable bonds is 3. The van der Waals surface area contributed by atoms with Gasteiger partial charge in [-0.05, 0) is 24.3 Å². The number of pyridine rings is 1. The summed E-state index contributed by atoms with van der Waals surface area (Å²) in [7, 11) is 0. The highest BCUT2D eigenvalue weighted by molar-refractivity contribution is 7.82. The fourth-order valence-electron chi connectivity index (χ4n) is 1.51. The minimum absolute atomic E-state index is 0.0921. The minimum atomic E-state index is -0.566. The number of halogens is 2. The maximum Gasteiger partial charge on any atom is 0.285 e. The number of carbonyl (C=O) groups is 1. The molecule has 0 aliphatic heterocycles. The number of carbonyl (C=O) groups excluding carboxylic acids is 1. The summed E-state index contributed by atoms with van der Waals surface area (Å²) in [6, 6.07) is 7.93. The lowest BCUT2D eigenvalue weighted by Gasteiger charge is -2.05. The summed E-state index contributed by atoms with van der Waals surface area (Å²) >= 11 is 16.5. The van der Waals surface area contributed by atoms with Gasteiger partial charge in [-0.15, -0.1) is 0 Å². The van der Waals surface area contributed by atoms with E-state index in [1.165, 1.54) is 24.5 Å². The summed E-state index contributed by atoms with van der Waals surface area (Å²) in [5, 5.41) is 16.5. The molecule has 0 fully saturated rings. The molecule has 0 aliphatic rings. The van der Waals surface area contributed by atoms with E-state index in [0.717, 1.165) is 0 Å². The van der Waals surface area contributed by atoms with Gasteiger partial charge in [-0.1, -0.05) is 41.5 Å². The highest BCUT2D eigenvalue weighted by atomic mass is 35.5. The van der Waals surface area contributed by atoms with Crippen molar-refractivity contribution in [3.63, 3.8) is 0 Å². The van der Waals surface area contributed by atoms with Crippen LogP contribution in [-0.4, -0.2) is 27.2 Å². The summed E-state index contributed by atoms with van der Waals surface area (Å²) in [6.07, 6.45) is 2.78. The third-order valence-corrected chi connectivity index (χ3v) is 3.32. The Morgan fingerprint density at radius 3 is 2.83 bits per heavy atom. The van der Waals surface area contributed by atoms with Gasteiger partial charge < -0.3 is 10.4 Å². The van der Waals surface area contributed by atoms with Crippen LogP contribution in [0.5, 0.6) is 5.75 Å². The molecule has 1 aromatic carbocycles. The average Bonchev–Trinajstić information content (AvgIpc) is 2.52. The number of nitrogens with zero attached hydrogens (tertiary/aromatic N) is 2. The molecule has 6 nitrogen and oxygen atoms in total. The van der Waals surface area contributed by atoms with Gasteiger partial charge in [0.05, 0.1) is 11.2 Å². The van der Waals surface area contributed by atoms with E-state index in [0.29, 0.717) is 10.8 Å². The van der Waals surface area contributed by atoms with E-state index in [2.05, 4.69) is 20.8 Å². The molecule has 2 aromatic rings. The zero-order valence-electron chi connectivity index (χ0n) is 11.5. The number of phenols is 1. The Kier molecular flexibility index (Phi) is 5.86. The van der Waals surface area contributed by atoms with Gasteiger partial charge in [0.25, 0.3) is 5.91 Å².